The van der Waals surface area contributed by atoms with Gasteiger partial charge in [0.1, 0.15) is 0 Å². The molecule has 0 spiro atoms. The highest BCUT2D eigenvalue weighted by atomic mass is 35.5. The summed E-state index contributed by atoms with van der Waals surface area (Å²) in [7, 11) is 0. The summed E-state index contributed by atoms with van der Waals surface area (Å²) in [6.45, 7) is 9.70. The van der Waals surface area contributed by atoms with Crippen molar-refractivity contribution in [3.05, 3.63) is 34.4 Å². The molecule has 0 amide bonds. The maximum atomic E-state index is 14.0. The molecule has 30 heavy (non-hydrogen) atoms. The highest BCUT2D eigenvalue weighted by molar-refractivity contribution is 6.31. The Kier molecular flexibility index (Phi) is 5.62. The molecule has 0 aromatic heterocycles. The number of hydrazone groups is 1. The molecule has 0 saturated carbocycles. The summed E-state index contributed by atoms with van der Waals surface area (Å²) in [6, 6.07) is 5.51. The molecular formula is C22H28ClF2N5. The van der Waals surface area contributed by atoms with Gasteiger partial charge in [-0.1, -0.05) is 18.5 Å². The SMILES string of the molecule is CCC(C)=C1c2cc(Cl)ccc2N=C(N2CCN3CC(F)(F)CC3C2)N1N=C(C)C. The Morgan fingerprint density at radius 1 is 1.27 bits per heavy atom. The predicted octanol–water partition coefficient (Wildman–Crippen LogP) is 5.21. The number of piperazine rings is 1. The average Bonchev–Trinajstić information content (AvgIpc) is 2.99. The van der Waals surface area contributed by atoms with Gasteiger partial charge >= 0.3 is 0 Å². The Bertz CT molecular complexity index is 935. The molecule has 3 heterocycles. The second-order valence-corrected chi connectivity index (χ2v) is 8.98. The van der Waals surface area contributed by atoms with Crippen LogP contribution in [0.4, 0.5) is 14.5 Å². The smallest absolute Gasteiger partial charge is 0.262 e. The zero-order valence-corrected chi connectivity index (χ0v) is 18.7. The van der Waals surface area contributed by atoms with Crippen LogP contribution in [-0.4, -0.2) is 64.6 Å². The molecule has 1 unspecified atom stereocenters. The van der Waals surface area contributed by atoms with E-state index in [1.54, 1.807) is 0 Å². The van der Waals surface area contributed by atoms with Crippen molar-refractivity contribution in [3.63, 3.8) is 0 Å². The fourth-order valence-electron chi connectivity index (χ4n) is 4.42. The van der Waals surface area contributed by atoms with Gasteiger partial charge in [-0.25, -0.2) is 13.8 Å². The summed E-state index contributed by atoms with van der Waals surface area (Å²) >= 11 is 6.30. The summed E-state index contributed by atoms with van der Waals surface area (Å²) in [5, 5.41) is 7.33. The molecule has 1 aromatic carbocycles. The zero-order chi connectivity index (χ0) is 21.6. The average molecular weight is 436 g/mol. The van der Waals surface area contributed by atoms with Crippen LogP contribution in [0, 0.1) is 0 Å². The van der Waals surface area contributed by atoms with E-state index in [2.05, 4.69) is 18.7 Å². The van der Waals surface area contributed by atoms with E-state index in [1.807, 2.05) is 42.0 Å². The minimum atomic E-state index is -2.61. The number of alkyl halides is 2. The molecule has 0 bridgehead atoms. The summed E-state index contributed by atoms with van der Waals surface area (Å²) in [4.78, 5) is 8.93. The van der Waals surface area contributed by atoms with Gasteiger partial charge in [0.25, 0.3) is 5.92 Å². The summed E-state index contributed by atoms with van der Waals surface area (Å²) < 4.78 is 27.9. The second kappa shape index (κ2) is 7.93. The molecule has 1 aromatic rings. The Labute approximate surface area is 181 Å². The third-order valence-electron chi connectivity index (χ3n) is 5.93. The molecule has 2 saturated heterocycles. The van der Waals surface area contributed by atoms with Crippen molar-refractivity contribution < 1.29 is 8.78 Å². The first-order valence-corrected chi connectivity index (χ1v) is 10.8. The highest BCUT2D eigenvalue weighted by Gasteiger charge is 2.47. The van der Waals surface area contributed by atoms with E-state index in [1.165, 1.54) is 5.57 Å². The lowest BCUT2D eigenvalue weighted by molar-refractivity contribution is 0.0122. The summed E-state index contributed by atoms with van der Waals surface area (Å²) in [5.41, 5.74) is 4.81. The number of aliphatic imine (C=N–C) groups is 1. The molecule has 2 fully saturated rings. The van der Waals surface area contributed by atoms with Crippen LogP contribution in [-0.2, 0) is 0 Å². The van der Waals surface area contributed by atoms with Crippen molar-refractivity contribution in [3.8, 4) is 0 Å². The molecule has 0 N–H and O–H groups in total. The first-order valence-electron chi connectivity index (χ1n) is 10.5. The van der Waals surface area contributed by atoms with Crippen LogP contribution in [0.3, 0.4) is 0 Å². The normalized spacial score (nSPS) is 24.9. The van der Waals surface area contributed by atoms with Crippen molar-refractivity contribution >= 4 is 34.7 Å². The fourth-order valence-corrected chi connectivity index (χ4v) is 4.60. The van der Waals surface area contributed by atoms with Gasteiger partial charge in [-0.15, -0.1) is 0 Å². The summed E-state index contributed by atoms with van der Waals surface area (Å²) in [6.07, 6.45) is 0.752. The van der Waals surface area contributed by atoms with Gasteiger partial charge < -0.3 is 4.90 Å². The van der Waals surface area contributed by atoms with Crippen LogP contribution in [0.2, 0.25) is 5.02 Å². The van der Waals surface area contributed by atoms with Gasteiger partial charge in [-0.3, -0.25) is 4.90 Å². The Morgan fingerprint density at radius 3 is 2.73 bits per heavy atom. The first kappa shape index (κ1) is 21.2. The van der Waals surface area contributed by atoms with Crippen LogP contribution >= 0.6 is 11.6 Å². The van der Waals surface area contributed by atoms with Crippen molar-refractivity contribution in [1.82, 2.24) is 14.8 Å². The number of guanidine groups is 1. The van der Waals surface area contributed by atoms with Gasteiger partial charge in [0.2, 0.25) is 5.96 Å². The maximum Gasteiger partial charge on any atom is 0.262 e. The topological polar surface area (TPSA) is 34.4 Å². The number of hydrogen-bond donors (Lipinski definition) is 0. The lowest BCUT2D eigenvalue weighted by Gasteiger charge is -2.42. The minimum absolute atomic E-state index is 0.101. The number of benzene rings is 1. The van der Waals surface area contributed by atoms with Crippen molar-refractivity contribution in [2.45, 2.75) is 52.5 Å². The van der Waals surface area contributed by atoms with Crippen LogP contribution in [0.5, 0.6) is 0 Å². The number of nitrogens with zero attached hydrogens (tertiary/aromatic N) is 5. The van der Waals surface area contributed by atoms with Crippen LogP contribution in [0.1, 0.15) is 46.1 Å². The quantitative estimate of drug-likeness (QED) is 0.598. The van der Waals surface area contributed by atoms with Crippen LogP contribution in [0.25, 0.3) is 5.70 Å². The molecule has 3 aliphatic rings. The van der Waals surface area contributed by atoms with E-state index in [-0.39, 0.29) is 19.0 Å². The van der Waals surface area contributed by atoms with E-state index >= 15 is 0 Å². The largest absolute Gasteiger partial charge is 0.338 e. The molecule has 0 radical (unpaired) electrons. The van der Waals surface area contributed by atoms with E-state index in [0.717, 1.165) is 29.1 Å². The number of fused-ring (bicyclic) bond motifs is 2. The summed E-state index contributed by atoms with van der Waals surface area (Å²) in [5.74, 6) is -1.91. The van der Waals surface area contributed by atoms with Gasteiger partial charge in [0, 0.05) is 48.4 Å². The van der Waals surface area contributed by atoms with Gasteiger partial charge in [-0.05, 0) is 51.0 Å². The lowest BCUT2D eigenvalue weighted by atomic mass is 10.0. The molecule has 162 valence electrons. The maximum absolute atomic E-state index is 14.0. The van der Waals surface area contributed by atoms with E-state index < -0.39 is 5.92 Å². The standard InChI is InChI=1S/C22H28ClF2N5/c1-5-15(4)20-18-10-16(23)6-7-19(18)26-21(30(20)27-14(2)3)28-8-9-29-13-22(24,25)11-17(29)12-28/h6-7,10,17H,5,8-9,11-13H2,1-4H3. The molecule has 0 aliphatic carbocycles. The second-order valence-electron chi connectivity index (χ2n) is 8.55. The fraction of sp³-hybridized carbons (Fsp3) is 0.545. The molecule has 5 nitrogen and oxygen atoms in total. The number of rotatable bonds is 2. The van der Waals surface area contributed by atoms with Gasteiger partial charge in [0.15, 0.2) is 0 Å². The van der Waals surface area contributed by atoms with Crippen LogP contribution in [0.15, 0.2) is 33.9 Å². The van der Waals surface area contributed by atoms with Crippen LogP contribution < -0.4 is 0 Å². The van der Waals surface area contributed by atoms with E-state index in [0.29, 0.717) is 30.6 Å². The number of allylic oxidation sites excluding steroid dienone is 1. The highest BCUT2D eigenvalue weighted by Crippen LogP contribution is 2.40. The third-order valence-corrected chi connectivity index (χ3v) is 6.16. The number of hydrogen-bond acceptors (Lipinski definition) is 5. The zero-order valence-electron chi connectivity index (χ0n) is 17.9. The molecule has 3 aliphatic heterocycles. The molecule has 1 atom stereocenters. The third kappa shape index (κ3) is 3.97. The Balaban J connectivity index is 1.79. The molecule has 8 heteroatoms. The Morgan fingerprint density at radius 2 is 2.03 bits per heavy atom. The first-order chi connectivity index (χ1) is 14.2. The predicted molar refractivity (Wildman–Crippen MR) is 119 cm³/mol. The van der Waals surface area contributed by atoms with E-state index in [9.17, 15) is 8.78 Å². The molecular weight excluding hydrogens is 408 g/mol. The van der Waals surface area contributed by atoms with Crippen molar-refractivity contribution in [1.29, 1.82) is 0 Å². The lowest BCUT2D eigenvalue weighted by Crippen LogP contribution is -2.55. The van der Waals surface area contributed by atoms with E-state index in [4.69, 9.17) is 21.7 Å². The number of halogens is 3. The van der Waals surface area contributed by atoms with Gasteiger partial charge in [-0.2, -0.15) is 10.1 Å². The van der Waals surface area contributed by atoms with Crippen molar-refractivity contribution in [2.75, 3.05) is 26.2 Å². The van der Waals surface area contributed by atoms with Crippen molar-refractivity contribution in [2.24, 2.45) is 10.1 Å². The molecule has 4 rings (SSSR count). The Hall–Kier alpha value is -1.99. The van der Waals surface area contributed by atoms with Gasteiger partial charge in [0.05, 0.1) is 17.9 Å². The monoisotopic (exact) mass is 435 g/mol. The minimum Gasteiger partial charge on any atom is -0.338 e.